The lowest BCUT2D eigenvalue weighted by Gasteiger charge is -2.39. The Morgan fingerprint density at radius 1 is 1.29 bits per heavy atom. The maximum absolute atomic E-state index is 12.7. The first-order valence-electron chi connectivity index (χ1n) is 7.70. The first-order chi connectivity index (χ1) is 10.1. The molecule has 3 rings (SSSR count). The zero-order valence-corrected chi connectivity index (χ0v) is 12.8. The van der Waals surface area contributed by atoms with Gasteiger partial charge in [-0.1, -0.05) is 12.1 Å². The van der Waals surface area contributed by atoms with Crippen LogP contribution in [0.15, 0.2) is 24.3 Å². The molecule has 0 spiro atoms. The number of rotatable bonds is 2. The number of fused-ring (bicyclic) bond motifs is 1. The van der Waals surface area contributed by atoms with Gasteiger partial charge >= 0.3 is 0 Å². The van der Waals surface area contributed by atoms with Crippen molar-refractivity contribution in [2.45, 2.75) is 24.9 Å². The Labute approximate surface area is 126 Å². The van der Waals surface area contributed by atoms with Crippen LogP contribution in [0.1, 0.15) is 12.8 Å². The molecule has 0 aliphatic carbocycles. The minimum Gasteiger partial charge on any atom is -0.381 e. The van der Waals surface area contributed by atoms with Crippen LogP contribution < -0.4 is 10.6 Å². The fraction of sp³-hybridized carbons (Fsp3) is 0.562. The number of likely N-dealkylation sites (N-methyl/N-ethyl adjacent to an activating group) is 1. The molecular weight excluding hydrogens is 264 g/mol. The lowest BCUT2D eigenvalue weighted by Crippen LogP contribution is -2.54. The predicted octanol–water partition coefficient (Wildman–Crippen LogP) is 1.45. The number of benzene rings is 1. The summed E-state index contributed by atoms with van der Waals surface area (Å²) in [6.45, 7) is 2.37. The molecule has 1 saturated heterocycles. The molecule has 5 nitrogen and oxygen atoms in total. The minimum absolute atomic E-state index is 0.166. The molecule has 2 aliphatic heterocycles. The maximum atomic E-state index is 12.7. The highest BCUT2D eigenvalue weighted by atomic mass is 16.2. The number of carbonyl (C=O) groups excluding carboxylic acids is 1. The molecule has 1 aromatic carbocycles. The Bertz CT molecular complexity index is 517. The van der Waals surface area contributed by atoms with E-state index < -0.39 is 0 Å². The molecule has 5 heteroatoms. The van der Waals surface area contributed by atoms with Gasteiger partial charge < -0.3 is 20.4 Å². The second kappa shape index (κ2) is 5.93. The molecule has 1 amide bonds. The summed E-state index contributed by atoms with van der Waals surface area (Å²) in [7, 11) is 4.19. The molecule has 1 aromatic rings. The van der Waals surface area contributed by atoms with Crippen LogP contribution in [-0.2, 0) is 4.79 Å². The van der Waals surface area contributed by atoms with E-state index in [0.29, 0.717) is 12.6 Å². The van der Waals surface area contributed by atoms with Crippen LogP contribution in [0.25, 0.3) is 0 Å². The third-order valence-electron chi connectivity index (χ3n) is 4.49. The van der Waals surface area contributed by atoms with Gasteiger partial charge in [-0.2, -0.15) is 0 Å². The van der Waals surface area contributed by atoms with Crippen molar-refractivity contribution in [1.29, 1.82) is 0 Å². The molecule has 2 aliphatic rings. The van der Waals surface area contributed by atoms with Crippen molar-refractivity contribution in [1.82, 2.24) is 9.80 Å². The summed E-state index contributed by atoms with van der Waals surface area (Å²) in [5.74, 6) is 0.212. The summed E-state index contributed by atoms with van der Waals surface area (Å²) in [4.78, 5) is 17.0. The third kappa shape index (κ3) is 2.97. The lowest BCUT2D eigenvalue weighted by molar-refractivity contribution is -0.133. The highest BCUT2D eigenvalue weighted by molar-refractivity contribution is 5.88. The number of amides is 1. The highest BCUT2D eigenvalue weighted by Gasteiger charge is 2.31. The number of para-hydroxylation sites is 2. The smallest absolute Gasteiger partial charge is 0.246 e. The van der Waals surface area contributed by atoms with Crippen molar-refractivity contribution in [2.75, 3.05) is 44.4 Å². The number of nitrogens with zero attached hydrogens (tertiary/aromatic N) is 2. The van der Waals surface area contributed by atoms with E-state index in [1.807, 2.05) is 29.2 Å². The molecule has 2 N–H and O–H groups in total. The monoisotopic (exact) mass is 288 g/mol. The van der Waals surface area contributed by atoms with Gasteiger partial charge in [0.1, 0.15) is 6.04 Å². The van der Waals surface area contributed by atoms with Crippen molar-refractivity contribution < 1.29 is 4.79 Å². The van der Waals surface area contributed by atoms with Gasteiger partial charge in [0.15, 0.2) is 0 Å². The summed E-state index contributed by atoms with van der Waals surface area (Å²) >= 11 is 0. The maximum Gasteiger partial charge on any atom is 0.246 e. The number of hydrogen-bond donors (Lipinski definition) is 2. The van der Waals surface area contributed by atoms with Gasteiger partial charge in [0.25, 0.3) is 0 Å². The van der Waals surface area contributed by atoms with Crippen molar-refractivity contribution in [3.63, 3.8) is 0 Å². The fourth-order valence-corrected chi connectivity index (χ4v) is 3.16. The minimum atomic E-state index is -0.166. The molecule has 2 unspecified atom stereocenters. The predicted molar refractivity (Wildman–Crippen MR) is 85.6 cm³/mol. The largest absolute Gasteiger partial charge is 0.381 e. The average Bonchev–Trinajstić information content (AvgIpc) is 2.53. The van der Waals surface area contributed by atoms with Gasteiger partial charge in [-0.05, 0) is 39.1 Å². The Morgan fingerprint density at radius 3 is 2.81 bits per heavy atom. The van der Waals surface area contributed by atoms with Crippen LogP contribution in [-0.4, -0.2) is 61.5 Å². The Hall–Kier alpha value is -1.75. The van der Waals surface area contributed by atoms with Crippen LogP contribution in [0.2, 0.25) is 0 Å². The van der Waals surface area contributed by atoms with Crippen molar-refractivity contribution >= 4 is 17.3 Å². The van der Waals surface area contributed by atoms with Crippen molar-refractivity contribution in [3.05, 3.63) is 24.3 Å². The van der Waals surface area contributed by atoms with E-state index in [-0.39, 0.29) is 11.9 Å². The summed E-state index contributed by atoms with van der Waals surface area (Å²) in [5.41, 5.74) is 2.09. The quantitative estimate of drug-likeness (QED) is 0.864. The first-order valence-corrected chi connectivity index (χ1v) is 7.70. The Balaban J connectivity index is 1.66. The summed E-state index contributed by atoms with van der Waals surface area (Å²) in [5, 5.41) is 6.72. The van der Waals surface area contributed by atoms with Crippen molar-refractivity contribution in [2.24, 2.45) is 0 Å². The van der Waals surface area contributed by atoms with E-state index in [1.54, 1.807) is 0 Å². The van der Waals surface area contributed by atoms with Gasteiger partial charge in [0.2, 0.25) is 5.91 Å². The third-order valence-corrected chi connectivity index (χ3v) is 4.49. The van der Waals surface area contributed by atoms with Crippen LogP contribution in [0.5, 0.6) is 0 Å². The summed E-state index contributed by atoms with van der Waals surface area (Å²) < 4.78 is 0. The molecule has 2 heterocycles. The Kier molecular flexibility index (Phi) is 4.01. The van der Waals surface area contributed by atoms with Crippen LogP contribution >= 0.6 is 0 Å². The number of carbonyl (C=O) groups is 1. The molecule has 21 heavy (non-hydrogen) atoms. The van der Waals surface area contributed by atoms with Crippen molar-refractivity contribution in [3.8, 4) is 0 Å². The van der Waals surface area contributed by atoms with Crippen LogP contribution in [0.3, 0.4) is 0 Å². The molecule has 114 valence electrons. The van der Waals surface area contributed by atoms with Crippen LogP contribution in [0.4, 0.5) is 11.4 Å². The second-order valence-electron chi connectivity index (χ2n) is 6.17. The van der Waals surface area contributed by atoms with Gasteiger partial charge in [0.05, 0.1) is 11.4 Å². The zero-order valence-electron chi connectivity index (χ0n) is 12.8. The molecule has 0 aromatic heterocycles. The van der Waals surface area contributed by atoms with E-state index in [2.05, 4.69) is 29.6 Å². The van der Waals surface area contributed by atoms with Gasteiger partial charge in [-0.25, -0.2) is 0 Å². The van der Waals surface area contributed by atoms with E-state index >= 15 is 0 Å². The van der Waals surface area contributed by atoms with E-state index in [4.69, 9.17) is 0 Å². The lowest BCUT2D eigenvalue weighted by atomic mass is 10.0. The number of hydrogen-bond acceptors (Lipinski definition) is 4. The van der Waals surface area contributed by atoms with E-state index in [1.165, 1.54) is 6.42 Å². The number of piperidine rings is 1. The number of likely N-dealkylation sites (tertiary alicyclic amines) is 1. The average molecular weight is 288 g/mol. The summed E-state index contributed by atoms with van der Waals surface area (Å²) in [6.07, 6.45) is 2.27. The molecule has 0 bridgehead atoms. The molecule has 2 atom stereocenters. The van der Waals surface area contributed by atoms with E-state index in [0.717, 1.165) is 30.9 Å². The standard InChI is InChI=1S/C16H24N4O/c1-19(2)12-6-5-9-20(11-12)16(21)15-10-17-13-7-3-4-8-14(13)18-15/h3-4,7-8,12,15,17-18H,5-6,9-11H2,1-2H3. The number of nitrogens with one attached hydrogen (secondary N) is 2. The van der Waals surface area contributed by atoms with Gasteiger partial charge in [-0.15, -0.1) is 0 Å². The fourth-order valence-electron chi connectivity index (χ4n) is 3.16. The normalized spacial score (nSPS) is 25.0. The molecule has 0 radical (unpaired) electrons. The first kappa shape index (κ1) is 14.2. The van der Waals surface area contributed by atoms with Gasteiger partial charge in [0, 0.05) is 25.7 Å². The van der Waals surface area contributed by atoms with E-state index in [9.17, 15) is 4.79 Å². The number of anilines is 2. The topological polar surface area (TPSA) is 47.6 Å². The SMILES string of the molecule is CN(C)C1CCCN(C(=O)C2CNc3ccccc3N2)C1. The van der Waals surface area contributed by atoms with Crippen LogP contribution in [0, 0.1) is 0 Å². The Morgan fingerprint density at radius 2 is 2.05 bits per heavy atom. The molecular formula is C16H24N4O. The zero-order chi connectivity index (χ0) is 14.8. The summed E-state index contributed by atoms with van der Waals surface area (Å²) in [6, 6.07) is 8.35. The highest BCUT2D eigenvalue weighted by Crippen LogP contribution is 2.26. The molecule has 0 saturated carbocycles. The van der Waals surface area contributed by atoms with Gasteiger partial charge in [-0.3, -0.25) is 4.79 Å². The second-order valence-corrected chi connectivity index (χ2v) is 6.17. The molecule has 1 fully saturated rings.